The lowest BCUT2D eigenvalue weighted by Crippen LogP contribution is -2.53. The number of hydrogen-bond acceptors (Lipinski definition) is 5. The number of halogens is 1. The van der Waals surface area contributed by atoms with Gasteiger partial charge in [-0.2, -0.15) is 0 Å². The molecule has 27 heavy (non-hydrogen) atoms. The maximum Gasteiger partial charge on any atom is 0.194 e. The molecule has 9 heteroatoms. The zero-order valence-electron chi connectivity index (χ0n) is 17.4. The molecule has 8 nitrogen and oxygen atoms in total. The van der Waals surface area contributed by atoms with Crippen molar-refractivity contribution in [3.05, 3.63) is 11.6 Å². The van der Waals surface area contributed by atoms with E-state index in [1.54, 1.807) is 7.11 Å². The molecule has 1 aromatic rings. The van der Waals surface area contributed by atoms with Crippen LogP contribution in [0.5, 0.6) is 0 Å². The van der Waals surface area contributed by atoms with E-state index in [1.165, 1.54) is 6.54 Å². The van der Waals surface area contributed by atoms with Crippen LogP contribution >= 0.6 is 24.0 Å². The summed E-state index contributed by atoms with van der Waals surface area (Å²) < 4.78 is 7.14. The molecule has 1 fully saturated rings. The van der Waals surface area contributed by atoms with Crippen LogP contribution in [0.1, 0.15) is 31.9 Å². The standard InChI is InChI=1S/C18H35N7O.HI/c1-15(2)14-24-8-10-25(11-9-24)18(19-7-6-12-26-5)20-13-17-22-21-16(3)23(17)4;/h15H,6-14H2,1-5H3,(H,19,20);1H. The Hall–Kier alpha value is -0.940. The highest BCUT2D eigenvalue weighted by molar-refractivity contribution is 14.0. The van der Waals surface area contributed by atoms with Crippen molar-refractivity contribution in [2.45, 2.75) is 33.7 Å². The maximum atomic E-state index is 5.15. The smallest absolute Gasteiger partial charge is 0.194 e. The van der Waals surface area contributed by atoms with Gasteiger partial charge in [0.25, 0.3) is 0 Å². The van der Waals surface area contributed by atoms with Crippen molar-refractivity contribution in [3.63, 3.8) is 0 Å². The highest BCUT2D eigenvalue weighted by Gasteiger charge is 2.20. The van der Waals surface area contributed by atoms with Crippen LogP contribution in [0.2, 0.25) is 0 Å². The van der Waals surface area contributed by atoms with Crippen molar-refractivity contribution >= 4 is 29.9 Å². The van der Waals surface area contributed by atoms with Gasteiger partial charge in [-0.05, 0) is 19.3 Å². The van der Waals surface area contributed by atoms with Gasteiger partial charge in [0.1, 0.15) is 12.4 Å². The van der Waals surface area contributed by atoms with Crippen LogP contribution in [0, 0.1) is 12.8 Å². The largest absolute Gasteiger partial charge is 0.385 e. The third-order valence-corrected chi connectivity index (χ3v) is 4.66. The Balaban J connectivity index is 0.00000364. The highest BCUT2D eigenvalue weighted by Crippen LogP contribution is 2.07. The van der Waals surface area contributed by atoms with E-state index in [4.69, 9.17) is 9.73 Å². The second kappa shape index (κ2) is 12.5. The molecule has 2 rings (SSSR count). The van der Waals surface area contributed by atoms with Crippen molar-refractivity contribution in [2.75, 3.05) is 53.0 Å². The normalized spacial score (nSPS) is 15.9. The topological polar surface area (TPSA) is 70.8 Å². The van der Waals surface area contributed by atoms with Crippen LogP contribution in [-0.2, 0) is 18.3 Å². The number of guanidine groups is 1. The molecule has 1 aromatic heterocycles. The van der Waals surface area contributed by atoms with E-state index in [0.717, 1.165) is 63.4 Å². The monoisotopic (exact) mass is 493 g/mol. The fourth-order valence-electron chi connectivity index (χ4n) is 3.08. The maximum absolute atomic E-state index is 5.15. The highest BCUT2D eigenvalue weighted by atomic mass is 127. The summed E-state index contributed by atoms with van der Waals surface area (Å²) in [5, 5.41) is 11.8. The van der Waals surface area contributed by atoms with Crippen molar-refractivity contribution in [3.8, 4) is 0 Å². The molecule has 1 aliphatic heterocycles. The predicted octanol–water partition coefficient (Wildman–Crippen LogP) is 1.50. The minimum absolute atomic E-state index is 0. The molecule has 1 aliphatic rings. The van der Waals surface area contributed by atoms with E-state index in [9.17, 15) is 0 Å². The summed E-state index contributed by atoms with van der Waals surface area (Å²) in [5.41, 5.74) is 0. The molecule has 0 spiro atoms. The molecular formula is C18H36IN7O. The van der Waals surface area contributed by atoms with Crippen LogP contribution in [0.25, 0.3) is 0 Å². The minimum Gasteiger partial charge on any atom is -0.385 e. The number of piperazine rings is 1. The lowest BCUT2D eigenvalue weighted by molar-refractivity contribution is 0.163. The summed E-state index contributed by atoms with van der Waals surface area (Å²) in [6, 6.07) is 0. The third-order valence-electron chi connectivity index (χ3n) is 4.66. The molecule has 2 heterocycles. The van der Waals surface area contributed by atoms with E-state index in [0.29, 0.717) is 12.5 Å². The third kappa shape index (κ3) is 7.90. The minimum atomic E-state index is 0. The average Bonchev–Trinajstić information content (AvgIpc) is 2.93. The quantitative estimate of drug-likeness (QED) is 0.256. The molecule has 156 valence electrons. The average molecular weight is 493 g/mol. The molecule has 0 aliphatic carbocycles. The number of aromatic nitrogens is 3. The zero-order valence-corrected chi connectivity index (χ0v) is 19.8. The molecule has 0 amide bonds. The lowest BCUT2D eigenvalue weighted by atomic mass is 10.2. The number of methoxy groups -OCH3 is 1. The van der Waals surface area contributed by atoms with Gasteiger partial charge >= 0.3 is 0 Å². The van der Waals surface area contributed by atoms with E-state index < -0.39 is 0 Å². The number of nitrogens with zero attached hydrogens (tertiary/aromatic N) is 6. The molecule has 1 saturated heterocycles. The van der Waals surface area contributed by atoms with Gasteiger partial charge in [0.05, 0.1) is 0 Å². The van der Waals surface area contributed by atoms with Crippen molar-refractivity contribution in [1.82, 2.24) is 29.9 Å². The summed E-state index contributed by atoms with van der Waals surface area (Å²) in [6.45, 7) is 14.0. The molecule has 0 saturated carbocycles. The van der Waals surface area contributed by atoms with Gasteiger partial charge in [0.15, 0.2) is 11.8 Å². The summed E-state index contributed by atoms with van der Waals surface area (Å²) in [7, 11) is 3.72. The Kier molecular flexibility index (Phi) is 11.2. The summed E-state index contributed by atoms with van der Waals surface area (Å²) in [5.74, 6) is 3.47. The van der Waals surface area contributed by atoms with Gasteiger partial charge in [-0.1, -0.05) is 13.8 Å². The Labute approximate surface area is 180 Å². The Morgan fingerprint density at radius 2 is 1.93 bits per heavy atom. The number of aliphatic imine (C=N–C) groups is 1. The summed E-state index contributed by atoms with van der Waals surface area (Å²) in [6.07, 6.45) is 0.964. The Bertz CT molecular complexity index is 568. The van der Waals surface area contributed by atoms with Crippen molar-refractivity contribution in [2.24, 2.45) is 18.0 Å². The zero-order chi connectivity index (χ0) is 18.9. The number of ether oxygens (including phenoxy) is 1. The number of rotatable bonds is 8. The Morgan fingerprint density at radius 1 is 1.22 bits per heavy atom. The number of aryl methyl sites for hydroxylation is 1. The fourth-order valence-corrected chi connectivity index (χ4v) is 3.08. The molecule has 0 atom stereocenters. The second-order valence-corrected chi connectivity index (χ2v) is 7.32. The lowest BCUT2D eigenvalue weighted by Gasteiger charge is -2.37. The van der Waals surface area contributed by atoms with Crippen molar-refractivity contribution < 1.29 is 4.74 Å². The first-order valence-corrected chi connectivity index (χ1v) is 9.60. The first-order valence-electron chi connectivity index (χ1n) is 9.60. The van der Waals surface area contributed by atoms with Gasteiger partial charge in [-0.25, -0.2) is 4.99 Å². The summed E-state index contributed by atoms with van der Waals surface area (Å²) in [4.78, 5) is 9.72. The molecule has 0 bridgehead atoms. The van der Waals surface area contributed by atoms with Crippen LogP contribution in [0.15, 0.2) is 4.99 Å². The van der Waals surface area contributed by atoms with Crippen LogP contribution in [-0.4, -0.2) is 83.5 Å². The summed E-state index contributed by atoms with van der Waals surface area (Å²) >= 11 is 0. The number of hydrogen-bond donors (Lipinski definition) is 1. The molecular weight excluding hydrogens is 457 g/mol. The van der Waals surface area contributed by atoms with E-state index in [1.807, 2.05) is 18.5 Å². The van der Waals surface area contributed by atoms with Gasteiger partial charge < -0.3 is 19.5 Å². The van der Waals surface area contributed by atoms with E-state index >= 15 is 0 Å². The first-order chi connectivity index (χ1) is 12.5. The Morgan fingerprint density at radius 3 is 2.48 bits per heavy atom. The molecule has 0 unspecified atom stereocenters. The van der Waals surface area contributed by atoms with Gasteiger partial charge in [0, 0.05) is 60.0 Å². The van der Waals surface area contributed by atoms with Crippen molar-refractivity contribution in [1.29, 1.82) is 0 Å². The van der Waals surface area contributed by atoms with E-state index in [-0.39, 0.29) is 24.0 Å². The molecule has 1 N–H and O–H groups in total. The number of nitrogens with one attached hydrogen (secondary N) is 1. The van der Waals surface area contributed by atoms with E-state index in [2.05, 4.69) is 39.2 Å². The SMILES string of the molecule is COCCCNC(=NCc1nnc(C)n1C)N1CCN(CC(C)C)CC1.I. The van der Waals surface area contributed by atoms with Crippen LogP contribution in [0.3, 0.4) is 0 Å². The molecule has 0 aromatic carbocycles. The second-order valence-electron chi connectivity index (χ2n) is 7.32. The first kappa shape index (κ1) is 24.1. The van der Waals surface area contributed by atoms with Crippen LogP contribution in [0.4, 0.5) is 0 Å². The van der Waals surface area contributed by atoms with Gasteiger partial charge in [-0.15, -0.1) is 34.2 Å². The molecule has 0 radical (unpaired) electrons. The van der Waals surface area contributed by atoms with Crippen LogP contribution < -0.4 is 5.32 Å². The van der Waals surface area contributed by atoms with Gasteiger partial charge in [0.2, 0.25) is 0 Å². The fraction of sp³-hybridized carbons (Fsp3) is 0.833. The predicted molar refractivity (Wildman–Crippen MR) is 120 cm³/mol. The van der Waals surface area contributed by atoms with Gasteiger partial charge in [-0.3, -0.25) is 4.90 Å².